The van der Waals surface area contributed by atoms with Crippen LogP contribution in [0.15, 0.2) is 53.5 Å². The van der Waals surface area contributed by atoms with Crippen molar-refractivity contribution in [3.05, 3.63) is 70.7 Å². The number of aromatic nitrogens is 3. The largest absolute Gasteiger partial charge is 0.464 e. The molecule has 2 aromatic heterocycles. The number of ether oxygens (including phenoxy) is 1. The lowest BCUT2D eigenvalue weighted by molar-refractivity contribution is -0.123. The number of halogens is 1. The van der Waals surface area contributed by atoms with Crippen LogP contribution in [0.5, 0.6) is 0 Å². The number of fused-ring (bicyclic) bond motifs is 1. The molecule has 3 amide bonds. The predicted octanol–water partition coefficient (Wildman–Crippen LogP) is 2.00. The number of carbonyl (C=O) groups is 4. The van der Waals surface area contributed by atoms with E-state index in [2.05, 4.69) is 20.4 Å². The molecule has 1 unspecified atom stereocenters. The van der Waals surface area contributed by atoms with E-state index >= 15 is 0 Å². The minimum absolute atomic E-state index is 0.0435. The molecule has 2 heterocycles. The van der Waals surface area contributed by atoms with Crippen LogP contribution in [0.1, 0.15) is 18.7 Å². The molecule has 3 N–H and O–H groups in total. The average Bonchev–Trinajstić information content (AvgIpc) is 3.24. The van der Waals surface area contributed by atoms with Gasteiger partial charge < -0.3 is 29.9 Å². The van der Waals surface area contributed by atoms with Gasteiger partial charge in [0.05, 0.1) is 24.7 Å². The van der Waals surface area contributed by atoms with E-state index in [9.17, 15) is 33.5 Å². The zero-order valence-corrected chi connectivity index (χ0v) is 21.4. The van der Waals surface area contributed by atoms with Gasteiger partial charge in [-0.3, -0.25) is 14.4 Å². The van der Waals surface area contributed by atoms with Gasteiger partial charge in [-0.15, -0.1) is 0 Å². The Morgan fingerprint density at radius 3 is 2.64 bits per heavy atom. The number of benzene rings is 1. The molecule has 0 aliphatic carbocycles. The number of pyridine rings is 1. The first-order chi connectivity index (χ1) is 18.5. The molecular formula is C25H27FN6O7. The van der Waals surface area contributed by atoms with Crippen LogP contribution in [0.2, 0.25) is 0 Å². The van der Waals surface area contributed by atoms with Gasteiger partial charge in [-0.25, -0.2) is 23.5 Å². The van der Waals surface area contributed by atoms with Crippen LogP contribution in [-0.2, 0) is 20.9 Å². The summed E-state index contributed by atoms with van der Waals surface area (Å²) >= 11 is 0. The number of rotatable bonds is 9. The number of imidazole rings is 1. The summed E-state index contributed by atoms with van der Waals surface area (Å²) in [6, 6.07) is 5.16. The molecule has 3 rings (SSSR count). The zero-order chi connectivity index (χ0) is 28.7. The normalized spacial score (nSPS) is 11.8. The lowest BCUT2D eigenvalue weighted by Gasteiger charge is -2.17. The van der Waals surface area contributed by atoms with E-state index in [1.165, 1.54) is 35.4 Å². The van der Waals surface area contributed by atoms with E-state index in [0.717, 1.165) is 28.4 Å². The van der Waals surface area contributed by atoms with Crippen LogP contribution in [0.3, 0.4) is 0 Å². The Labute approximate surface area is 221 Å². The highest BCUT2D eigenvalue weighted by Crippen LogP contribution is 2.18. The van der Waals surface area contributed by atoms with Crippen molar-refractivity contribution in [2.24, 2.45) is 0 Å². The molecule has 0 aliphatic heterocycles. The Balaban J connectivity index is 1.82. The van der Waals surface area contributed by atoms with Gasteiger partial charge in [-0.2, -0.15) is 0 Å². The molecule has 0 saturated heterocycles. The van der Waals surface area contributed by atoms with Gasteiger partial charge in [-0.1, -0.05) is 6.08 Å². The van der Waals surface area contributed by atoms with Crippen molar-refractivity contribution >= 4 is 40.7 Å². The lowest BCUT2D eigenvalue weighted by Crippen LogP contribution is -2.44. The highest BCUT2D eigenvalue weighted by Gasteiger charge is 2.22. The number of carbonyl (C=O) groups excluding carboxylic acids is 3. The summed E-state index contributed by atoms with van der Waals surface area (Å²) in [6.07, 6.45) is 2.39. The number of alkyl carbamates (subject to hydrolysis) is 1. The first kappa shape index (κ1) is 28.6. The molecule has 0 saturated carbocycles. The summed E-state index contributed by atoms with van der Waals surface area (Å²) < 4.78 is 20.2. The van der Waals surface area contributed by atoms with Crippen molar-refractivity contribution in [1.82, 2.24) is 24.3 Å². The molecule has 1 aromatic carbocycles. The standard InChI is InChI=1S/C25H27FN6O7/c1-30(2)21(33)9-5-4-7-16(29-24(36)39-3)22(34)28-17-8-6-12-31(23(17)35)14-20-27-18-13-15(26)10-11-19(18)32(20)25(37)38/h5-6,8-13,16H,4,7,14H2,1-3H3,(H,28,34)(H,29,36)(H,37,38). The van der Waals surface area contributed by atoms with Crippen LogP contribution in [0.4, 0.5) is 19.7 Å². The molecule has 0 bridgehead atoms. The maximum atomic E-state index is 13.6. The summed E-state index contributed by atoms with van der Waals surface area (Å²) in [5.74, 6) is -1.60. The number of methoxy groups -OCH3 is 1. The van der Waals surface area contributed by atoms with Gasteiger partial charge in [0.1, 0.15) is 23.4 Å². The number of hydrogen-bond donors (Lipinski definition) is 3. The number of allylic oxidation sites excluding steroid dienone is 1. The van der Waals surface area contributed by atoms with E-state index in [4.69, 9.17) is 0 Å². The lowest BCUT2D eigenvalue weighted by atomic mass is 10.1. The summed E-state index contributed by atoms with van der Waals surface area (Å²) in [5, 5.41) is 14.5. The third kappa shape index (κ3) is 7.06. The molecule has 0 spiro atoms. The average molecular weight is 543 g/mol. The van der Waals surface area contributed by atoms with Gasteiger partial charge in [0.2, 0.25) is 11.8 Å². The van der Waals surface area contributed by atoms with Crippen LogP contribution in [0, 0.1) is 5.82 Å². The van der Waals surface area contributed by atoms with Crippen LogP contribution < -0.4 is 16.2 Å². The molecule has 206 valence electrons. The fraction of sp³-hybridized carbons (Fsp3) is 0.280. The van der Waals surface area contributed by atoms with Gasteiger partial charge in [0.25, 0.3) is 5.56 Å². The molecule has 13 nitrogen and oxygen atoms in total. The summed E-state index contributed by atoms with van der Waals surface area (Å²) in [6.45, 7) is -0.292. The zero-order valence-electron chi connectivity index (χ0n) is 21.4. The smallest absolute Gasteiger partial charge is 0.417 e. The SMILES string of the molecule is COC(=O)NC(CCC=CC(=O)N(C)C)C(=O)Nc1cccn(Cc2nc3cc(F)ccc3n2C(=O)O)c1=O. The van der Waals surface area contributed by atoms with Crippen LogP contribution in [-0.4, -0.2) is 75.4 Å². The quantitative estimate of drug-likeness (QED) is 0.346. The maximum absolute atomic E-state index is 13.6. The van der Waals surface area contributed by atoms with Crippen molar-refractivity contribution in [1.29, 1.82) is 0 Å². The molecule has 14 heteroatoms. The van der Waals surface area contributed by atoms with Gasteiger partial charge in [0.15, 0.2) is 0 Å². The van der Waals surface area contributed by atoms with E-state index < -0.39 is 35.5 Å². The highest BCUT2D eigenvalue weighted by atomic mass is 19.1. The second-order valence-electron chi connectivity index (χ2n) is 8.52. The summed E-state index contributed by atoms with van der Waals surface area (Å²) in [7, 11) is 4.31. The number of nitrogens with zero attached hydrogens (tertiary/aromatic N) is 4. The Bertz CT molecular complexity index is 1490. The Morgan fingerprint density at radius 1 is 1.23 bits per heavy atom. The predicted molar refractivity (Wildman–Crippen MR) is 138 cm³/mol. The molecular weight excluding hydrogens is 515 g/mol. The fourth-order valence-electron chi connectivity index (χ4n) is 3.62. The molecule has 1 atom stereocenters. The fourth-order valence-corrected chi connectivity index (χ4v) is 3.62. The Morgan fingerprint density at radius 2 is 1.97 bits per heavy atom. The van der Waals surface area contributed by atoms with Gasteiger partial charge >= 0.3 is 12.2 Å². The second kappa shape index (κ2) is 12.5. The second-order valence-corrected chi connectivity index (χ2v) is 8.52. The highest BCUT2D eigenvalue weighted by molar-refractivity contribution is 5.96. The number of amides is 3. The summed E-state index contributed by atoms with van der Waals surface area (Å²) in [4.78, 5) is 66.9. The van der Waals surface area contributed by atoms with Crippen molar-refractivity contribution in [3.63, 3.8) is 0 Å². The molecule has 0 aliphatic rings. The Kier molecular flexibility index (Phi) is 9.15. The van der Waals surface area contributed by atoms with E-state index in [1.54, 1.807) is 20.2 Å². The first-order valence-corrected chi connectivity index (χ1v) is 11.6. The van der Waals surface area contributed by atoms with E-state index in [0.29, 0.717) is 0 Å². The monoisotopic (exact) mass is 542 g/mol. The molecule has 3 aromatic rings. The Hall–Kier alpha value is -5.01. The number of likely N-dealkylation sites (N-methyl/N-ethyl adjacent to an activating group) is 1. The van der Waals surface area contributed by atoms with Crippen molar-refractivity contribution in [3.8, 4) is 0 Å². The summed E-state index contributed by atoms with van der Waals surface area (Å²) in [5.41, 5.74) is -0.562. The minimum Gasteiger partial charge on any atom is -0.464 e. The minimum atomic E-state index is -1.37. The maximum Gasteiger partial charge on any atom is 0.417 e. The van der Waals surface area contributed by atoms with Gasteiger partial charge in [-0.05, 0) is 43.2 Å². The third-order valence-electron chi connectivity index (χ3n) is 5.58. The first-order valence-electron chi connectivity index (χ1n) is 11.6. The van der Waals surface area contributed by atoms with Gasteiger partial charge in [0, 0.05) is 26.4 Å². The van der Waals surface area contributed by atoms with Crippen molar-refractivity contribution in [2.45, 2.75) is 25.4 Å². The number of hydrogen-bond acceptors (Lipinski definition) is 7. The molecule has 0 radical (unpaired) electrons. The number of anilines is 1. The number of carboxylic acid groups (broad SMARTS) is 1. The van der Waals surface area contributed by atoms with Crippen LogP contribution in [0.25, 0.3) is 11.0 Å². The molecule has 39 heavy (non-hydrogen) atoms. The molecule has 0 fully saturated rings. The van der Waals surface area contributed by atoms with Crippen LogP contribution >= 0.6 is 0 Å². The van der Waals surface area contributed by atoms with Crippen molar-refractivity contribution < 1.29 is 33.4 Å². The van der Waals surface area contributed by atoms with E-state index in [-0.39, 0.29) is 47.8 Å². The third-order valence-corrected chi connectivity index (χ3v) is 5.58. The van der Waals surface area contributed by atoms with Crippen molar-refractivity contribution in [2.75, 3.05) is 26.5 Å². The number of nitrogens with one attached hydrogen (secondary N) is 2. The topological polar surface area (TPSA) is 165 Å². The van der Waals surface area contributed by atoms with E-state index in [1.807, 2.05) is 0 Å².